The van der Waals surface area contributed by atoms with E-state index in [0.717, 1.165) is 55.2 Å². The molecule has 2 aromatic carbocycles. The maximum absolute atomic E-state index is 5.95. The Hall–Kier alpha value is -3.51. The normalized spacial score (nSPS) is 11.1. The van der Waals surface area contributed by atoms with Crippen LogP contribution in [0.25, 0.3) is 33.5 Å². The summed E-state index contributed by atoms with van der Waals surface area (Å²) in [6.45, 7) is 0. The van der Waals surface area contributed by atoms with Gasteiger partial charge in [0.15, 0.2) is 0 Å². The van der Waals surface area contributed by atoms with Gasteiger partial charge < -0.3 is 10.7 Å². The number of nitrogens with one attached hydrogen (secondary N) is 1. The van der Waals surface area contributed by atoms with Gasteiger partial charge in [-0.05, 0) is 64.0 Å². The van der Waals surface area contributed by atoms with Gasteiger partial charge in [-0.3, -0.25) is 4.98 Å². The molecule has 0 saturated carbocycles. The fraction of sp³-hybridized carbons (Fsp3) is 0.0417. The van der Waals surface area contributed by atoms with Crippen LogP contribution < -0.4 is 5.73 Å². The number of nitrogen functional groups attached to an aromatic ring is 1. The van der Waals surface area contributed by atoms with Gasteiger partial charge in [-0.25, -0.2) is 9.97 Å². The zero-order valence-corrected chi connectivity index (χ0v) is 17.6. The van der Waals surface area contributed by atoms with Gasteiger partial charge in [0, 0.05) is 29.3 Å². The number of H-pyrrole nitrogens is 1. The summed E-state index contributed by atoms with van der Waals surface area (Å²) in [7, 11) is 0. The van der Waals surface area contributed by atoms with E-state index in [0.29, 0.717) is 6.42 Å². The van der Waals surface area contributed by atoms with E-state index in [1.54, 1.807) is 6.20 Å². The zero-order chi connectivity index (χ0) is 20.5. The van der Waals surface area contributed by atoms with Gasteiger partial charge in [0.25, 0.3) is 0 Å². The minimum absolute atomic E-state index is 0.654. The van der Waals surface area contributed by atoms with Gasteiger partial charge in [-0.2, -0.15) is 0 Å². The number of rotatable bonds is 4. The number of hydrogen-bond acceptors (Lipinski definition) is 4. The van der Waals surface area contributed by atoms with Gasteiger partial charge >= 0.3 is 0 Å². The Balaban J connectivity index is 1.64. The number of aromatic amines is 1. The standard InChI is InChI=1S/C24H18BrN5/c25-21-8-2-7-20(28-21)24-23(17-9-10-19-16(14-17)5-3-11-27-19)29-22(30-24)13-15-4-1-6-18(26)12-15/h1-12,14H,13,26H2,(H,29,30). The SMILES string of the molecule is Nc1cccc(Cc2nc(-c3ccc4ncccc4c3)c(-c3cccc(Br)n3)[nH]2)c1. The summed E-state index contributed by atoms with van der Waals surface area (Å²) < 4.78 is 0.778. The molecule has 3 heterocycles. The van der Waals surface area contributed by atoms with Crippen molar-refractivity contribution in [3.05, 3.63) is 95.0 Å². The summed E-state index contributed by atoms with van der Waals surface area (Å²) in [6.07, 6.45) is 2.46. The number of hydrogen-bond donors (Lipinski definition) is 2. The van der Waals surface area contributed by atoms with E-state index < -0.39 is 0 Å². The van der Waals surface area contributed by atoms with Crippen molar-refractivity contribution in [3.63, 3.8) is 0 Å². The Morgan fingerprint density at radius 2 is 1.80 bits per heavy atom. The van der Waals surface area contributed by atoms with Crippen molar-refractivity contribution in [1.29, 1.82) is 0 Å². The number of pyridine rings is 2. The van der Waals surface area contributed by atoms with Crippen LogP contribution in [0.5, 0.6) is 0 Å². The number of imidazole rings is 1. The number of nitrogens with zero attached hydrogens (tertiary/aromatic N) is 3. The molecule has 0 radical (unpaired) electrons. The lowest BCUT2D eigenvalue weighted by molar-refractivity contribution is 1.03. The summed E-state index contributed by atoms with van der Waals surface area (Å²) in [5, 5.41) is 1.07. The van der Waals surface area contributed by atoms with Crippen LogP contribution in [-0.4, -0.2) is 19.9 Å². The lowest BCUT2D eigenvalue weighted by Crippen LogP contribution is -1.93. The third kappa shape index (κ3) is 3.69. The van der Waals surface area contributed by atoms with E-state index in [1.165, 1.54) is 0 Å². The molecule has 30 heavy (non-hydrogen) atoms. The van der Waals surface area contributed by atoms with Crippen molar-refractivity contribution in [2.24, 2.45) is 0 Å². The van der Waals surface area contributed by atoms with Gasteiger partial charge in [-0.15, -0.1) is 0 Å². The molecule has 0 aliphatic carbocycles. The van der Waals surface area contributed by atoms with Crippen molar-refractivity contribution in [2.75, 3.05) is 5.73 Å². The molecule has 0 atom stereocenters. The third-order valence-electron chi connectivity index (χ3n) is 4.92. The Labute approximate surface area is 182 Å². The number of benzene rings is 2. The molecular weight excluding hydrogens is 438 g/mol. The Kier molecular flexibility index (Phi) is 4.77. The molecule has 5 rings (SSSR count). The molecule has 0 aliphatic heterocycles. The molecule has 5 nitrogen and oxygen atoms in total. The molecule has 0 bridgehead atoms. The second-order valence-electron chi connectivity index (χ2n) is 7.09. The highest BCUT2D eigenvalue weighted by atomic mass is 79.9. The maximum atomic E-state index is 5.95. The van der Waals surface area contributed by atoms with E-state index in [9.17, 15) is 0 Å². The minimum atomic E-state index is 0.654. The predicted molar refractivity (Wildman–Crippen MR) is 124 cm³/mol. The molecule has 0 unspecified atom stereocenters. The van der Waals surface area contributed by atoms with E-state index in [4.69, 9.17) is 10.7 Å². The summed E-state index contributed by atoms with van der Waals surface area (Å²) >= 11 is 3.47. The van der Waals surface area contributed by atoms with Crippen LogP contribution in [0.3, 0.4) is 0 Å². The monoisotopic (exact) mass is 455 g/mol. The molecule has 0 saturated heterocycles. The zero-order valence-electron chi connectivity index (χ0n) is 16.0. The first-order valence-electron chi connectivity index (χ1n) is 9.57. The molecule has 3 aromatic heterocycles. The van der Waals surface area contributed by atoms with Crippen molar-refractivity contribution in [1.82, 2.24) is 19.9 Å². The molecule has 0 aliphatic rings. The predicted octanol–water partition coefficient (Wildman–Crippen LogP) is 5.62. The highest BCUT2D eigenvalue weighted by Crippen LogP contribution is 2.32. The van der Waals surface area contributed by atoms with Crippen LogP contribution in [0.1, 0.15) is 11.4 Å². The Morgan fingerprint density at radius 1 is 0.900 bits per heavy atom. The van der Waals surface area contributed by atoms with E-state index in [1.807, 2.05) is 48.5 Å². The van der Waals surface area contributed by atoms with E-state index in [2.05, 4.69) is 55.1 Å². The van der Waals surface area contributed by atoms with E-state index in [-0.39, 0.29) is 0 Å². The molecule has 146 valence electrons. The molecule has 3 N–H and O–H groups in total. The van der Waals surface area contributed by atoms with Crippen LogP contribution >= 0.6 is 15.9 Å². The number of anilines is 1. The van der Waals surface area contributed by atoms with Crippen molar-refractivity contribution >= 4 is 32.5 Å². The Bertz CT molecular complexity index is 1360. The fourth-order valence-electron chi connectivity index (χ4n) is 3.57. The van der Waals surface area contributed by atoms with Crippen LogP contribution in [0.15, 0.2) is 83.6 Å². The largest absolute Gasteiger partial charge is 0.399 e. The average molecular weight is 456 g/mol. The first kappa shape index (κ1) is 18.5. The van der Waals surface area contributed by atoms with Crippen LogP contribution in [-0.2, 0) is 6.42 Å². The molecule has 5 aromatic rings. The van der Waals surface area contributed by atoms with Gasteiger partial charge in [0.2, 0.25) is 0 Å². The number of aromatic nitrogens is 4. The van der Waals surface area contributed by atoms with Crippen molar-refractivity contribution in [2.45, 2.75) is 6.42 Å². The van der Waals surface area contributed by atoms with Gasteiger partial charge in [0.05, 0.1) is 22.6 Å². The lowest BCUT2D eigenvalue weighted by atomic mass is 10.1. The average Bonchev–Trinajstić information content (AvgIpc) is 3.17. The van der Waals surface area contributed by atoms with Gasteiger partial charge in [-0.1, -0.05) is 30.3 Å². The van der Waals surface area contributed by atoms with Crippen LogP contribution in [0, 0.1) is 0 Å². The number of halogens is 1. The summed E-state index contributed by atoms with van der Waals surface area (Å²) in [4.78, 5) is 17.5. The highest BCUT2D eigenvalue weighted by Gasteiger charge is 2.16. The molecule has 0 spiro atoms. The molecule has 6 heteroatoms. The minimum Gasteiger partial charge on any atom is -0.399 e. The smallest absolute Gasteiger partial charge is 0.111 e. The van der Waals surface area contributed by atoms with Crippen molar-refractivity contribution < 1.29 is 0 Å². The summed E-state index contributed by atoms with van der Waals surface area (Å²) in [6, 6.07) is 23.9. The summed E-state index contributed by atoms with van der Waals surface area (Å²) in [5.41, 5.74) is 12.4. The third-order valence-corrected chi connectivity index (χ3v) is 5.36. The lowest BCUT2D eigenvalue weighted by Gasteiger charge is -2.04. The fourth-order valence-corrected chi connectivity index (χ4v) is 3.91. The number of nitrogens with two attached hydrogens (primary N) is 1. The number of fused-ring (bicyclic) bond motifs is 1. The van der Waals surface area contributed by atoms with E-state index >= 15 is 0 Å². The molecule has 0 amide bonds. The topological polar surface area (TPSA) is 80.5 Å². The maximum Gasteiger partial charge on any atom is 0.111 e. The second kappa shape index (κ2) is 7.72. The molecular formula is C24H18BrN5. The first-order chi connectivity index (χ1) is 14.7. The van der Waals surface area contributed by atoms with Crippen LogP contribution in [0.2, 0.25) is 0 Å². The van der Waals surface area contributed by atoms with Gasteiger partial charge in [0.1, 0.15) is 10.4 Å². The summed E-state index contributed by atoms with van der Waals surface area (Å²) in [5.74, 6) is 0.860. The van der Waals surface area contributed by atoms with Crippen LogP contribution in [0.4, 0.5) is 5.69 Å². The second-order valence-corrected chi connectivity index (χ2v) is 7.90. The Morgan fingerprint density at radius 3 is 2.67 bits per heavy atom. The van der Waals surface area contributed by atoms with Crippen molar-refractivity contribution in [3.8, 4) is 22.6 Å². The highest BCUT2D eigenvalue weighted by molar-refractivity contribution is 9.10. The quantitative estimate of drug-likeness (QED) is 0.272. The first-order valence-corrected chi connectivity index (χ1v) is 10.4. The molecule has 0 fully saturated rings.